The van der Waals surface area contributed by atoms with Crippen molar-refractivity contribution in [2.45, 2.75) is 13.0 Å². The number of rotatable bonds is 5. The van der Waals surface area contributed by atoms with Crippen molar-refractivity contribution in [2.24, 2.45) is 5.92 Å². The zero-order chi connectivity index (χ0) is 23.7. The van der Waals surface area contributed by atoms with Gasteiger partial charge >= 0.3 is 0 Å². The van der Waals surface area contributed by atoms with Gasteiger partial charge in [0.2, 0.25) is 11.8 Å². The molecule has 176 valence electrons. The van der Waals surface area contributed by atoms with E-state index in [0.29, 0.717) is 49.9 Å². The lowest BCUT2D eigenvalue weighted by atomic mass is 10.1. The quantitative estimate of drug-likeness (QED) is 0.567. The molecule has 5 rings (SSSR count). The minimum atomic E-state index is -0.442. The van der Waals surface area contributed by atoms with Crippen LogP contribution in [-0.4, -0.2) is 74.5 Å². The lowest BCUT2D eigenvalue weighted by Gasteiger charge is -2.35. The predicted molar refractivity (Wildman–Crippen MR) is 118 cm³/mol. The van der Waals surface area contributed by atoms with Gasteiger partial charge < -0.3 is 9.80 Å². The third-order valence-corrected chi connectivity index (χ3v) is 6.23. The molecule has 1 atom stereocenters. The van der Waals surface area contributed by atoms with Crippen LogP contribution in [0.2, 0.25) is 0 Å². The van der Waals surface area contributed by atoms with Crippen molar-refractivity contribution in [3.8, 4) is 5.69 Å². The first-order valence-electron chi connectivity index (χ1n) is 11.1. The van der Waals surface area contributed by atoms with Crippen LogP contribution >= 0.6 is 0 Å². The van der Waals surface area contributed by atoms with Gasteiger partial charge in [-0.15, -0.1) is 5.10 Å². The van der Waals surface area contributed by atoms with Crippen LogP contribution < -0.4 is 4.90 Å². The molecular formula is C23H23F2N7O2. The summed E-state index contributed by atoms with van der Waals surface area (Å²) in [7, 11) is 0. The summed E-state index contributed by atoms with van der Waals surface area (Å²) >= 11 is 0. The number of nitrogens with zero attached hydrogens (tertiary/aromatic N) is 7. The molecular weight excluding hydrogens is 444 g/mol. The number of carbonyl (C=O) groups excluding carboxylic acids is 2. The van der Waals surface area contributed by atoms with Crippen molar-refractivity contribution < 1.29 is 18.4 Å². The van der Waals surface area contributed by atoms with E-state index >= 15 is 0 Å². The molecule has 34 heavy (non-hydrogen) atoms. The fraction of sp³-hybridized carbons (Fsp3) is 0.348. The minimum absolute atomic E-state index is 0.0588. The molecule has 2 aliphatic rings. The molecule has 0 saturated carbocycles. The summed E-state index contributed by atoms with van der Waals surface area (Å²) in [6.07, 6.45) is 0.123. The number of benzene rings is 2. The number of amides is 2. The number of carbonyl (C=O) groups is 2. The molecule has 0 bridgehead atoms. The van der Waals surface area contributed by atoms with Crippen molar-refractivity contribution >= 4 is 17.5 Å². The Kier molecular flexibility index (Phi) is 6.01. The molecule has 9 nitrogen and oxygen atoms in total. The summed E-state index contributed by atoms with van der Waals surface area (Å²) in [6.45, 7) is 2.99. The highest BCUT2D eigenvalue weighted by Gasteiger charge is 2.38. The summed E-state index contributed by atoms with van der Waals surface area (Å²) in [5.74, 6) is -0.879. The maximum atomic E-state index is 13.6. The molecule has 1 unspecified atom stereocenters. The number of aromatic nitrogens is 4. The summed E-state index contributed by atoms with van der Waals surface area (Å²) in [6, 6.07) is 11.9. The normalized spacial score (nSPS) is 19.1. The van der Waals surface area contributed by atoms with Crippen LogP contribution in [0, 0.1) is 17.6 Å². The maximum Gasteiger partial charge on any atom is 0.228 e. The first-order chi connectivity index (χ1) is 16.5. The van der Waals surface area contributed by atoms with Gasteiger partial charge in [-0.1, -0.05) is 12.1 Å². The van der Waals surface area contributed by atoms with Crippen molar-refractivity contribution in [3.05, 3.63) is 66.0 Å². The van der Waals surface area contributed by atoms with E-state index in [4.69, 9.17) is 0 Å². The molecule has 0 radical (unpaired) electrons. The first kappa shape index (κ1) is 22.1. The molecule has 0 spiro atoms. The second-order valence-corrected chi connectivity index (χ2v) is 8.47. The number of halogens is 2. The molecule has 2 aromatic carbocycles. The predicted octanol–water partition coefficient (Wildman–Crippen LogP) is 1.64. The zero-order valence-electron chi connectivity index (χ0n) is 18.3. The molecule has 11 heteroatoms. The van der Waals surface area contributed by atoms with Crippen LogP contribution in [0.3, 0.4) is 0 Å². The SMILES string of the molecule is O=C(C1CC(=O)N(c2cccc(F)c2)C1)N1CCN(Cc2nnnn2-c2cccc(F)c2)CC1. The second-order valence-electron chi connectivity index (χ2n) is 8.47. The van der Waals surface area contributed by atoms with E-state index in [1.807, 2.05) is 0 Å². The fourth-order valence-corrected chi connectivity index (χ4v) is 4.46. The van der Waals surface area contributed by atoms with Gasteiger partial charge in [-0.05, 0) is 46.8 Å². The molecule has 2 fully saturated rings. The fourth-order valence-electron chi connectivity index (χ4n) is 4.46. The van der Waals surface area contributed by atoms with E-state index in [2.05, 4.69) is 20.4 Å². The zero-order valence-corrected chi connectivity index (χ0v) is 18.3. The lowest BCUT2D eigenvalue weighted by Crippen LogP contribution is -2.50. The van der Waals surface area contributed by atoms with Gasteiger partial charge in [0.25, 0.3) is 0 Å². The Morgan fingerprint density at radius 3 is 2.35 bits per heavy atom. The Balaban J connectivity index is 1.18. The largest absolute Gasteiger partial charge is 0.340 e. The first-order valence-corrected chi connectivity index (χ1v) is 11.1. The molecule has 1 aromatic heterocycles. The molecule has 2 amide bonds. The van der Waals surface area contributed by atoms with Gasteiger partial charge in [0.1, 0.15) is 11.6 Å². The van der Waals surface area contributed by atoms with Crippen molar-refractivity contribution in [2.75, 3.05) is 37.6 Å². The van der Waals surface area contributed by atoms with Gasteiger partial charge in [-0.25, -0.2) is 8.78 Å². The number of piperazine rings is 1. The highest BCUT2D eigenvalue weighted by atomic mass is 19.1. The highest BCUT2D eigenvalue weighted by Crippen LogP contribution is 2.27. The summed E-state index contributed by atoms with van der Waals surface area (Å²) in [5, 5.41) is 11.8. The number of hydrogen-bond acceptors (Lipinski definition) is 6. The Hall–Kier alpha value is -3.73. The van der Waals surface area contributed by atoms with Crippen molar-refractivity contribution in [1.29, 1.82) is 0 Å². The van der Waals surface area contributed by atoms with E-state index < -0.39 is 11.7 Å². The van der Waals surface area contributed by atoms with E-state index in [-0.39, 0.29) is 30.6 Å². The molecule has 3 aromatic rings. The molecule has 2 saturated heterocycles. The lowest BCUT2D eigenvalue weighted by molar-refractivity contribution is -0.137. The van der Waals surface area contributed by atoms with Gasteiger partial charge in [0.05, 0.1) is 18.2 Å². The molecule has 3 heterocycles. The van der Waals surface area contributed by atoms with Crippen LogP contribution in [0.25, 0.3) is 5.69 Å². The molecule has 0 N–H and O–H groups in total. The minimum Gasteiger partial charge on any atom is -0.340 e. The van der Waals surface area contributed by atoms with Gasteiger partial charge in [-0.3, -0.25) is 14.5 Å². The van der Waals surface area contributed by atoms with Gasteiger partial charge in [0.15, 0.2) is 5.82 Å². The summed E-state index contributed by atoms with van der Waals surface area (Å²) in [5.41, 5.74) is 1.02. The van der Waals surface area contributed by atoms with Crippen molar-refractivity contribution in [3.63, 3.8) is 0 Å². The Bertz CT molecular complexity index is 1210. The summed E-state index contributed by atoms with van der Waals surface area (Å²) < 4.78 is 28.7. The highest BCUT2D eigenvalue weighted by molar-refractivity contribution is 6.00. The number of anilines is 1. The molecule has 2 aliphatic heterocycles. The van der Waals surface area contributed by atoms with Gasteiger partial charge in [-0.2, -0.15) is 4.68 Å². The van der Waals surface area contributed by atoms with Gasteiger partial charge in [0, 0.05) is 44.8 Å². The number of tetrazole rings is 1. The molecule has 0 aliphatic carbocycles. The van der Waals surface area contributed by atoms with Crippen LogP contribution in [0.1, 0.15) is 12.2 Å². The third kappa shape index (κ3) is 4.51. The van der Waals surface area contributed by atoms with E-state index in [0.717, 1.165) is 0 Å². The van der Waals surface area contributed by atoms with E-state index in [9.17, 15) is 18.4 Å². The topological polar surface area (TPSA) is 87.5 Å². The van der Waals surface area contributed by atoms with Crippen LogP contribution in [0.5, 0.6) is 0 Å². The second kappa shape index (κ2) is 9.26. The van der Waals surface area contributed by atoms with Crippen LogP contribution in [-0.2, 0) is 16.1 Å². The van der Waals surface area contributed by atoms with E-state index in [1.54, 1.807) is 29.2 Å². The number of hydrogen-bond donors (Lipinski definition) is 0. The van der Waals surface area contributed by atoms with Crippen molar-refractivity contribution in [1.82, 2.24) is 30.0 Å². The Labute approximate surface area is 194 Å². The Morgan fingerprint density at radius 2 is 1.65 bits per heavy atom. The smallest absolute Gasteiger partial charge is 0.228 e. The maximum absolute atomic E-state index is 13.6. The van der Waals surface area contributed by atoms with E-state index in [1.165, 1.54) is 33.8 Å². The average molecular weight is 467 g/mol. The monoisotopic (exact) mass is 467 g/mol. The average Bonchev–Trinajstić information content (AvgIpc) is 3.46. The third-order valence-electron chi connectivity index (χ3n) is 6.23. The standard InChI is InChI=1S/C23H23F2N7O2/c24-17-3-1-5-19(12-17)31-14-16(11-22(31)33)23(34)30-9-7-29(8-10-30)15-21-26-27-28-32(21)20-6-2-4-18(25)13-20/h1-6,12-13,16H,7-11,14-15H2. The van der Waals surface area contributed by atoms with Crippen LogP contribution in [0.15, 0.2) is 48.5 Å². The van der Waals surface area contributed by atoms with Crippen LogP contribution in [0.4, 0.5) is 14.5 Å². The Morgan fingerprint density at radius 1 is 0.971 bits per heavy atom. The summed E-state index contributed by atoms with van der Waals surface area (Å²) in [4.78, 5) is 30.9.